The standard InChI is InChI=1S/C15H22/c1-12(2)13(3)11-15(4,5)14-9-7-6-8-10-14/h6-10H,11H2,1-5H3. The average Bonchev–Trinajstić information content (AvgIpc) is 2.18. The van der Waals surface area contributed by atoms with E-state index in [-0.39, 0.29) is 5.41 Å². The first-order chi connectivity index (χ1) is 6.93. The Morgan fingerprint density at radius 3 is 2.00 bits per heavy atom. The summed E-state index contributed by atoms with van der Waals surface area (Å²) in [6, 6.07) is 10.8. The number of benzene rings is 1. The number of hydrogen-bond acceptors (Lipinski definition) is 0. The van der Waals surface area contributed by atoms with Gasteiger partial charge in [0.25, 0.3) is 0 Å². The van der Waals surface area contributed by atoms with Crippen molar-refractivity contribution in [3.8, 4) is 0 Å². The topological polar surface area (TPSA) is 0 Å². The second-order valence-corrected chi connectivity index (χ2v) is 5.21. The molecule has 0 amide bonds. The molecule has 0 atom stereocenters. The Balaban J connectivity index is 2.90. The molecule has 0 saturated carbocycles. The Hall–Kier alpha value is -1.04. The number of allylic oxidation sites excluding steroid dienone is 2. The van der Waals surface area contributed by atoms with Crippen molar-refractivity contribution in [2.75, 3.05) is 0 Å². The Kier molecular flexibility index (Phi) is 3.73. The fourth-order valence-corrected chi connectivity index (χ4v) is 1.83. The van der Waals surface area contributed by atoms with Gasteiger partial charge in [-0.3, -0.25) is 0 Å². The molecule has 0 fully saturated rings. The van der Waals surface area contributed by atoms with Gasteiger partial charge in [-0.25, -0.2) is 0 Å². The van der Waals surface area contributed by atoms with Crippen LogP contribution in [0.3, 0.4) is 0 Å². The minimum Gasteiger partial charge on any atom is -0.0775 e. The third-order valence-corrected chi connectivity index (χ3v) is 3.12. The van der Waals surface area contributed by atoms with Crippen LogP contribution in [-0.4, -0.2) is 0 Å². The second kappa shape index (κ2) is 4.65. The van der Waals surface area contributed by atoms with Crippen molar-refractivity contribution >= 4 is 0 Å². The molecule has 0 N–H and O–H groups in total. The fourth-order valence-electron chi connectivity index (χ4n) is 1.83. The molecule has 1 aromatic carbocycles. The van der Waals surface area contributed by atoms with Gasteiger partial charge in [0.1, 0.15) is 0 Å². The highest BCUT2D eigenvalue weighted by Gasteiger charge is 2.20. The maximum atomic E-state index is 2.31. The van der Waals surface area contributed by atoms with Crippen molar-refractivity contribution in [3.63, 3.8) is 0 Å². The SMILES string of the molecule is CC(C)=C(C)CC(C)(C)c1ccccc1. The van der Waals surface area contributed by atoms with Crippen molar-refractivity contribution in [1.82, 2.24) is 0 Å². The molecule has 0 nitrogen and oxygen atoms in total. The van der Waals surface area contributed by atoms with Crippen LogP contribution in [0, 0.1) is 0 Å². The van der Waals surface area contributed by atoms with Gasteiger partial charge in [-0.2, -0.15) is 0 Å². The van der Waals surface area contributed by atoms with E-state index in [1.165, 1.54) is 16.7 Å². The maximum absolute atomic E-state index is 2.31. The van der Waals surface area contributed by atoms with Crippen LogP contribution >= 0.6 is 0 Å². The quantitative estimate of drug-likeness (QED) is 0.623. The third kappa shape index (κ3) is 3.23. The van der Waals surface area contributed by atoms with E-state index >= 15 is 0 Å². The summed E-state index contributed by atoms with van der Waals surface area (Å²) in [4.78, 5) is 0. The van der Waals surface area contributed by atoms with Gasteiger partial charge in [-0.1, -0.05) is 55.3 Å². The van der Waals surface area contributed by atoms with Crippen molar-refractivity contribution in [2.45, 2.75) is 46.5 Å². The highest BCUT2D eigenvalue weighted by molar-refractivity contribution is 5.26. The normalized spacial score (nSPS) is 11.3. The van der Waals surface area contributed by atoms with Crippen LogP contribution in [-0.2, 0) is 5.41 Å². The number of hydrogen-bond donors (Lipinski definition) is 0. The third-order valence-electron chi connectivity index (χ3n) is 3.12. The summed E-state index contributed by atoms with van der Waals surface area (Å²) in [6.07, 6.45) is 1.14. The first-order valence-electron chi connectivity index (χ1n) is 5.62. The molecular weight excluding hydrogens is 180 g/mol. The van der Waals surface area contributed by atoms with Crippen molar-refractivity contribution in [2.24, 2.45) is 0 Å². The molecule has 15 heavy (non-hydrogen) atoms. The summed E-state index contributed by atoms with van der Waals surface area (Å²) in [5.41, 5.74) is 4.61. The highest BCUT2D eigenvalue weighted by Crippen LogP contribution is 2.30. The van der Waals surface area contributed by atoms with Crippen LogP contribution in [0.2, 0.25) is 0 Å². The molecule has 0 heterocycles. The largest absolute Gasteiger partial charge is 0.0775 e. The lowest BCUT2D eigenvalue weighted by atomic mass is 9.78. The summed E-state index contributed by atoms with van der Waals surface area (Å²) in [5, 5.41) is 0. The van der Waals surface area contributed by atoms with Crippen LogP contribution in [0.25, 0.3) is 0 Å². The van der Waals surface area contributed by atoms with Crippen molar-refractivity contribution in [3.05, 3.63) is 47.0 Å². The van der Waals surface area contributed by atoms with Gasteiger partial charge in [-0.15, -0.1) is 0 Å². The summed E-state index contributed by atoms with van der Waals surface area (Å²) >= 11 is 0. The van der Waals surface area contributed by atoms with Crippen LogP contribution < -0.4 is 0 Å². The maximum Gasteiger partial charge on any atom is -0.00665 e. The zero-order valence-corrected chi connectivity index (χ0v) is 10.6. The molecule has 0 saturated heterocycles. The molecule has 0 unspecified atom stereocenters. The monoisotopic (exact) mass is 202 g/mol. The van der Waals surface area contributed by atoms with Crippen molar-refractivity contribution < 1.29 is 0 Å². The molecule has 1 aromatic rings. The van der Waals surface area contributed by atoms with Crippen LogP contribution in [0.15, 0.2) is 41.5 Å². The molecule has 0 aromatic heterocycles. The van der Waals surface area contributed by atoms with E-state index in [1.54, 1.807) is 0 Å². The van der Waals surface area contributed by atoms with Crippen LogP contribution in [0.1, 0.15) is 46.6 Å². The minimum atomic E-state index is 0.239. The lowest BCUT2D eigenvalue weighted by Gasteiger charge is -2.26. The van der Waals surface area contributed by atoms with E-state index in [4.69, 9.17) is 0 Å². The molecular formula is C15H22. The zero-order valence-electron chi connectivity index (χ0n) is 10.6. The van der Waals surface area contributed by atoms with E-state index in [0.717, 1.165) is 6.42 Å². The zero-order chi connectivity index (χ0) is 11.5. The van der Waals surface area contributed by atoms with Crippen LogP contribution in [0.4, 0.5) is 0 Å². The van der Waals surface area contributed by atoms with E-state index < -0.39 is 0 Å². The molecule has 0 aliphatic carbocycles. The first kappa shape index (κ1) is 12.0. The van der Waals surface area contributed by atoms with Gasteiger partial charge in [-0.05, 0) is 38.2 Å². The van der Waals surface area contributed by atoms with Gasteiger partial charge in [0, 0.05) is 0 Å². The number of rotatable bonds is 3. The lowest BCUT2D eigenvalue weighted by Crippen LogP contribution is -2.17. The van der Waals surface area contributed by atoms with E-state index in [1.807, 2.05) is 0 Å². The van der Waals surface area contributed by atoms with E-state index in [9.17, 15) is 0 Å². The summed E-state index contributed by atoms with van der Waals surface area (Å²) < 4.78 is 0. The molecule has 82 valence electrons. The van der Waals surface area contributed by atoms with Gasteiger partial charge < -0.3 is 0 Å². The molecule has 0 bridgehead atoms. The van der Waals surface area contributed by atoms with Gasteiger partial charge >= 0.3 is 0 Å². The Morgan fingerprint density at radius 1 is 1.00 bits per heavy atom. The van der Waals surface area contributed by atoms with Crippen molar-refractivity contribution in [1.29, 1.82) is 0 Å². The van der Waals surface area contributed by atoms with Gasteiger partial charge in [0.2, 0.25) is 0 Å². The van der Waals surface area contributed by atoms with E-state index in [0.29, 0.717) is 0 Å². The predicted octanol–water partition coefficient (Wildman–Crippen LogP) is 4.71. The second-order valence-electron chi connectivity index (χ2n) is 5.21. The molecule has 0 radical (unpaired) electrons. The minimum absolute atomic E-state index is 0.239. The smallest absolute Gasteiger partial charge is 0.00665 e. The fraction of sp³-hybridized carbons (Fsp3) is 0.467. The van der Waals surface area contributed by atoms with Gasteiger partial charge in [0.05, 0.1) is 0 Å². The van der Waals surface area contributed by atoms with Crippen LogP contribution in [0.5, 0.6) is 0 Å². The molecule has 0 heteroatoms. The first-order valence-corrected chi connectivity index (χ1v) is 5.62. The summed E-state index contributed by atoms with van der Waals surface area (Å²) in [7, 11) is 0. The predicted molar refractivity (Wildman–Crippen MR) is 68.1 cm³/mol. The molecule has 0 aliphatic rings. The highest BCUT2D eigenvalue weighted by atomic mass is 14.2. The average molecular weight is 202 g/mol. The molecule has 0 aliphatic heterocycles. The molecule has 0 spiro atoms. The Morgan fingerprint density at radius 2 is 1.53 bits per heavy atom. The summed E-state index contributed by atoms with van der Waals surface area (Å²) in [6.45, 7) is 11.2. The van der Waals surface area contributed by atoms with E-state index in [2.05, 4.69) is 65.0 Å². The lowest BCUT2D eigenvalue weighted by molar-refractivity contribution is 0.517. The Labute approximate surface area is 94.0 Å². The van der Waals surface area contributed by atoms with Gasteiger partial charge in [0.15, 0.2) is 0 Å². The summed E-state index contributed by atoms with van der Waals surface area (Å²) in [5.74, 6) is 0. The Bertz CT molecular complexity index is 338. The molecule has 1 rings (SSSR count).